The smallest absolute Gasteiger partial charge is 0.225 e. The molecule has 2 N–H and O–H groups in total. The Morgan fingerprint density at radius 2 is 2.07 bits per heavy atom. The van der Waals surface area contributed by atoms with Gasteiger partial charge in [0.1, 0.15) is 0 Å². The van der Waals surface area contributed by atoms with Gasteiger partial charge in [-0.1, -0.05) is 0 Å². The quantitative estimate of drug-likeness (QED) is 0.750. The number of anilines is 2. The van der Waals surface area contributed by atoms with Crippen LogP contribution in [0.5, 0.6) is 0 Å². The number of nitrogens with two attached hydrogens (primary N) is 1. The van der Waals surface area contributed by atoms with Crippen LogP contribution in [0.15, 0.2) is 12.4 Å². The Labute approximate surface area is 89.9 Å². The first-order valence-corrected chi connectivity index (χ1v) is 5.15. The lowest BCUT2D eigenvalue weighted by Gasteiger charge is -2.20. The van der Waals surface area contributed by atoms with Crippen molar-refractivity contribution in [3.63, 3.8) is 0 Å². The highest BCUT2D eigenvalue weighted by Crippen LogP contribution is 2.18. The minimum absolute atomic E-state index is 0.603. The van der Waals surface area contributed by atoms with Gasteiger partial charge in [-0.2, -0.15) is 0 Å². The molecule has 5 heteroatoms. The van der Waals surface area contributed by atoms with Crippen molar-refractivity contribution in [2.24, 2.45) is 0 Å². The van der Waals surface area contributed by atoms with Crippen molar-refractivity contribution < 1.29 is 0 Å². The van der Waals surface area contributed by atoms with E-state index in [1.165, 1.54) is 6.42 Å². The fourth-order valence-electron chi connectivity index (χ4n) is 1.84. The van der Waals surface area contributed by atoms with Crippen molar-refractivity contribution in [2.45, 2.75) is 12.5 Å². The van der Waals surface area contributed by atoms with Gasteiger partial charge in [-0.15, -0.1) is 0 Å². The van der Waals surface area contributed by atoms with E-state index in [0.717, 1.165) is 19.0 Å². The second-order valence-electron chi connectivity index (χ2n) is 4.17. The van der Waals surface area contributed by atoms with Crippen LogP contribution in [0.2, 0.25) is 0 Å². The van der Waals surface area contributed by atoms with Crippen molar-refractivity contribution in [2.75, 3.05) is 37.8 Å². The largest absolute Gasteiger partial charge is 0.396 e. The summed E-state index contributed by atoms with van der Waals surface area (Å²) in [5, 5.41) is 0. The minimum Gasteiger partial charge on any atom is -0.396 e. The summed E-state index contributed by atoms with van der Waals surface area (Å²) in [5.41, 5.74) is 6.16. The maximum absolute atomic E-state index is 5.55. The Hall–Kier alpha value is -1.36. The molecule has 1 fully saturated rings. The molecule has 2 heterocycles. The fraction of sp³-hybridized carbons (Fsp3) is 0.600. The molecule has 0 amide bonds. The van der Waals surface area contributed by atoms with Crippen molar-refractivity contribution in [3.05, 3.63) is 12.4 Å². The second-order valence-corrected chi connectivity index (χ2v) is 4.17. The summed E-state index contributed by atoms with van der Waals surface area (Å²) in [6.07, 6.45) is 4.48. The average Bonchev–Trinajstić information content (AvgIpc) is 2.68. The molecule has 1 saturated heterocycles. The lowest BCUT2D eigenvalue weighted by molar-refractivity contribution is 0.315. The Bertz CT molecular complexity index is 321. The minimum atomic E-state index is 0.603. The Balaban J connectivity index is 2.04. The molecule has 0 spiro atoms. The van der Waals surface area contributed by atoms with E-state index in [1.54, 1.807) is 12.4 Å². The highest BCUT2D eigenvalue weighted by Gasteiger charge is 2.25. The van der Waals surface area contributed by atoms with Crippen LogP contribution < -0.4 is 10.6 Å². The van der Waals surface area contributed by atoms with Gasteiger partial charge in [0, 0.05) is 19.1 Å². The van der Waals surface area contributed by atoms with Crippen LogP contribution >= 0.6 is 0 Å². The molecule has 1 atom stereocenters. The lowest BCUT2D eigenvalue weighted by Crippen LogP contribution is -2.32. The molecule has 5 nitrogen and oxygen atoms in total. The number of aromatic nitrogens is 2. The molecule has 2 rings (SSSR count). The summed E-state index contributed by atoms with van der Waals surface area (Å²) in [4.78, 5) is 12.9. The SMILES string of the molecule is CN(C)C1CCN(c2ncc(N)cn2)C1. The maximum Gasteiger partial charge on any atom is 0.225 e. The van der Waals surface area contributed by atoms with Crippen molar-refractivity contribution in [3.8, 4) is 0 Å². The van der Waals surface area contributed by atoms with Gasteiger partial charge in [0.05, 0.1) is 18.1 Å². The topological polar surface area (TPSA) is 58.3 Å². The van der Waals surface area contributed by atoms with Crippen LogP contribution in [0, 0.1) is 0 Å². The van der Waals surface area contributed by atoms with Crippen molar-refractivity contribution >= 4 is 11.6 Å². The zero-order valence-corrected chi connectivity index (χ0v) is 9.22. The average molecular weight is 207 g/mol. The van der Waals surface area contributed by atoms with Crippen LogP contribution in [-0.4, -0.2) is 48.1 Å². The van der Waals surface area contributed by atoms with Crippen LogP contribution in [0.4, 0.5) is 11.6 Å². The zero-order chi connectivity index (χ0) is 10.8. The van der Waals surface area contributed by atoms with E-state index < -0.39 is 0 Å². The molecular weight excluding hydrogens is 190 g/mol. The van der Waals surface area contributed by atoms with E-state index in [0.29, 0.717) is 11.7 Å². The van der Waals surface area contributed by atoms with Crippen LogP contribution in [-0.2, 0) is 0 Å². The van der Waals surface area contributed by atoms with E-state index in [9.17, 15) is 0 Å². The molecule has 82 valence electrons. The number of nitrogens with zero attached hydrogens (tertiary/aromatic N) is 4. The number of rotatable bonds is 2. The molecule has 0 aliphatic carbocycles. The highest BCUT2D eigenvalue weighted by molar-refractivity contribution is 5.38. The van der Waals surface area contributed by atoms with Gasteiger partial charge in [0.25, 0.3) is 0 Å². The van der Waals surface area contributed by atoms with Crippen LogP contribution in [0.3, 0.4) is 0 Å². The van der Waals surface area contributed by atoms with E-state index >= 15 is 0 Å². The molecule has 0 aromatic carbocycles. The number of likely N-dealkylation sites (N-methyl/N-ethyl adjacent to an activating group) is 1. The number of nitrogen functional groups attached to an aromatic ring is 1. The third kappa shape index (κ3) is 2.18. The zero-order valence-electron chi connectivity index (χ0n) is 9.22. The summed E-state index contributed by atoms with van der Waals surface area (Å²) >= 11 is 0. The van der Waals surface area contributed by atoms with Crippen molar-refractivity contribution in [1.29, 1.82) is 0 Å². The van der Waals surface area contributed by atoms with Gasteiger partial charge in [-0.3, -0.25) is 0 Å². The van der Waals surface area contributed by atoms with Gasteiger partial charge >= 0.3 is 0 Å². The predicted octanol–water partition coefficient (Wildman–Crippen LogP) is 0.199. The van der Waals surface area contributed by atoms with Gasteiger partial charge < -0.3 is 15.5 Å². The molecule has 0 radical (unpaired) electrons. The van der Waals surface area contributed by atoms with E-state index in [4.69, 9.17) is 5.73 Å². The molecule has 1 aliphatic heterocycles. The second kappa shape index (κ2) is 4.02. The fourth-order valence-corrected chi connectivity index (χ4v) is 1.84. The third-order valence-corrected chi connectivity index (χ3v) is 2.83. The van der Waals surface area contributed by atoms with E-state index in [1.807, 2.05) is 0 Å². The summed E-state index contributed by atoms with van der Waals surface area (Å²) in [7, 11) is 4.22. The molecule has 0 saturated carbocycles. The Morgan fingerprint density at radius 1 is 1.40 bits per heavy atom. The molecule has 1 unspecified atom stereocenters. The normalized spacial score (nSPS) is 21.3. The molecule has 0 bridgehead atoms. The number of hydrogen-bond donors (Lipinski definition) is 1. The Morgan fingerprint density at radius 3 is 2.60 bits per heavy atom. The molecular formula is C10H17N5. The first-order chi connectivity index (χ1) is 7.16. The predicted molar refractivity (Wildman–Crippen MR) is 60.7 cm³/mol. The summed E-state index contributed by atoms with van der Waals surface area (Å²) in [6, 6.07) is 0.603. The van der Waals surface area contributed by atoms with Gasteiger partial charge in [-0.25, -0.2) is 9.97 Å². The van der Waals surface area contributed by atoms with E-state index in [-0.39, 0.29) is 0 Å². The van der Waals surface area contributed by atoms with Gasteiger partial charge in [0.2, 0.25) is 5.95 Å². The lowest BCUT2D eigenvalue weighted by atomic mass is 10.2. The summed E-state index contributed by atoms with van der Waals surface area (Å²) in [5.74, 6) is 0.786. The van der Waals surface area contributed by atoms with Crippen molar-refractivity contribution in [1.82, 2.24) is 14.9 Å². The number of hydrogen-bond acceptors (Lipinski definition) is 5. The third-order valence-electron chi connectivity index (χ3n) is 2.83. The van der Waals surface area contributed by atoms with E-state index in [2.05, 4.69) is 33.9 Å². The molecule has 1 aliphatic rings. The summed E-state index contributed by atoms with van der Waals surface area (Å²) < 4.78 is 0. The highest BCUT2D eigenvalue weighted by atomic mass is 15.3. The molecule has 1 aromatic rings. The van der Waals surface area contributed by atoms with Gasteiger partial charge in [0.15, 0.2) is 0 Å². The standard InChI is InChI=1S/C10H17N5/c1-14(2)9-3-4-15(7-9)10-12-5-8(11)6-13-10/h5-6,9H,3-4,7,11H2,1-2H3. The van der Waals surface area contributed by atoms with Crippen LogP contribution in [0.1, 0.15) is 6.42 Å². The first kappa shape index (κ1) is 10.2. The van der Waals surface area contributed by atoms with Gasteiger partial charge in [-0.05, 0) is 20.5 Å². The maximum atomic E-state index is 5.55. The van der Waals surface area contributed by atoms with Crippen LogP contribution in [0.25, 0.3) is 0 Å². The molecule has 1 aromatic heterocycles. The monoisotopic (exact) mass is 207 g/mol. The Kier molecular flexibility index (Phi) is 2.73. The molecule has 15 heavy (non-hydrogen) atoms. The first-order valence-electron chi connectivity index (χ1n) is 5.15. The summed E-state index contributed by atoms with van der Waals surface area (Å²) in [6.45, 7) is 2.02.